The number of nitrogens with one attached hydrogen (secondary N) is 1. The molecule has 4 aromatic rings. The molecule has 2 N–H and O–H groups in total. The number of para-hydroxylation sites is 1. The maximum atomic E-state index is 12.9. The maximum Gasteiger partial charge on any atom is 0.243 e. The summed E-state index contributed by atoms with van der Waals surface area (Å²) < 4.78 is 5.91. The molecule has 2 atom stereocenters. The van der Waals surface area contributed by atoms with Crippen LogP contribution in [0.25, 0.3) is 22.4 Å². The van der Waals surface area contributed by atoms with Crippen LogP contribution < -0.4 is 10.2 Å². The number of fused-ring (bicyclic) bond motifs is 1. The van der Waals surface area contributed by atoms with Gasteiger partial charge < -0.3 is 19.7 Å². The number of aromatic nitrogens is 1. The molecule has 6 nitrogen and oxygen atoms in total. The second-order valence-corrected chi connectivity index (χ2v) is 8.77. The number of anilines is 1. The molecular formula is C23H20ClN3O3S. The predicted octanol–water partition coefficient (Wildman–Crippen LogP) is 4.47. The normalized spacial score (nSPS) is 18.6. The third-order valence-corrected chi connectivity index (χ3v) is 6.65. The van der Waals surface area contributed by atoms with Crippen LogP contribution in [-0.4, -0.2) is 34.7 Å². The third kappa shape index (κ3) is 4.04. The summed E-state index contributed by atoms with van der Waals surface area (Å²) in [6.45, 7) is 0.693. The lowest BCUT2D eigenvalue weighted by molar-refractivity contribution is -0.122. The minimum Gasteiger partial charge on any atom is -0.454 e. The van der Waals surface area contributed by atoms with Crippen LogP contribution in [0, 0.1) is 0 Å². The molecule has 2 aromatic heterocycles. The molecule has 1 fully saturated rings. The Morgan fingerprint density at radius 2 is 2.06 bits per heavy atom. The zero-order chi connectivity index (χ0) is 21.4. The molecule has 31 heavy (non-hydrogen) atoms. The van der Waals surface area contributed by atoms with Gasteiger partial charge in [-0.05, 0) is 23.8 Å². The van der Waals surface area contributed by atoms with E-state index in [1.165, 1.54) is 11.3 Å². The van der Waals surface area contributed by atoms with Crippen LogP contribution in [0.5, 0.6) is 0 Å². The van der Waals surface area contributed by atoms with Gasteiger partial charge in [-0.3, -0.25) is 4.79 Å². The van der Waals surface area contributed by atoms with E-state index in [-0.39, 0.29) is 5.91 Å². The first-order valence-corrected chi connectivity index (χ1v) is 11.2. The van der Waals surface area contributed by atoms with Crippen molar-refractivity contribution < 1.29 is 14.3 Å². The lowest BCUT2D eigenvalue weighted by atomic mass is 10.1. The second-order valence-electron chi connectivity index (χ2n) is 7.53. The van der Waals surface area contributed by atoms with E-state index in [0.717, 1.165) is 16.5 Å². The van der Waals surface area contributed by atoms with E-state index in [2.05, 4.69) is 5.32 Å². The Bertz CT molecular complexity index is 1200. The number of halogens is 1. The molecule has 158 valence electrons. The van der Waals surface area contributed by atoms with Gasteiger partial charge in [0.05, 0.1) is 6.10 Å². The number of carbonyl (C=O) groups is 1. The number of hydrogen-bond donors (Lipinski definition) is 2. The number of β-amino-alcohol motifs (C(OH)–C–C–N with tert-alkyl or cyclic N) is 1. The van der Waals surface area contributed by atoms with Crippen molar-refractivity contribution in [2.24, 2.45) is 0 Å². The number of benzene rings is 2. The van der Waals surface area contributed by atoms with E-state index < -0.39 is 12.1 Å². The standard InChI is InChI=1S/C23H20ClN3O3S/c24-17-7-3-1-6-15(17)11-25-22(29)19-10-16(28)12-27(19)23-26-18(13-31-23)21-9-14-5-2-4-8-20(14)30-21/h1-9,13,16,19,28H,10-12H2,(H,25,29)/t16?,19-/m0/s1. The van der Waals surface area contributed by atoms with Gasteiger partial charge in [0, 0.05) is 35.3 Å². The molecule has 1 unspecified atom stereocenters. The molecule has 0 bridgehead atoms. The predicted molar refractivity (Wildman–Crippen MR) is 122 cm³/mol. The van der Waals surface area contributed by atoms with Gasteiger partial charge in [-0.1, -0.05) is 48.0 Å². The Morgan fingerprint density at radius 1 is 1.26 bits per heavy atom. The highest BCUT2D eigenvalue weighted by Crippen LogP contribution is 2.34. The number of hydrogen-bond acceptors (Lipinski definition) is 6. The third-order valence-electron chi connectivity index (χ3n) is 5.41. The smallest absolute Gasteiger partial charge is 0.243 e. The van der Waals surface area contributed by atoms with Crippen molar-refractivity contribution in [1.82, 2.24) is 10.3 Å². The van der Waals surface area contributed by atoms with Crippen molar-refractivity contribution in [1.29, 1.82) is 0 Å². The second kappa shape index (κ2) is 8.34. The van der Waals surface area contributed by atoms with E-state index in [1.807, 2.05) is 58.8 Å². The first-order chi connectivity index (χ1) is 15.1. The van der Waals surface area contributed by atoms with E-state index in [4.69, 9.17) is 21.0 Å². The van der Waals surface area contributed by atoms with Crippen LogP contribution >= 0.6 is 22.9 Å². The van der Waals surface area contributed by atoms with E-state index in [0.29, 0.717) is 41.1 Å². The topological polar surface area (TPSA) is 78.6 Å². The van der Waals surface area contributed by atoms with Gasteiger partial charge in [0.15, 0.2) is 10.9 Å². The molecule has 0 radical (unpaired) electrons. The van der Waals surface area contributed by atoms with Crippen molar-refractivity contribution in [2.75, 3.05) is 11.4 Å². The van der Waals surface area contributed by atoms with Crippen LogP contribution in [0.1, 0.15) is 12.0 Å². The Hall–Kier alpha value is -2.87. The maximum absolute atomic E-state index is 12.9. The minimum absolute atomic E-state index is 0.156. The molecular weight excluding hydrogens is 434 g/mol. The van der Waals surface area contributed by atoms with Crippen molar-refractivity contribution in [3.63, 3.8) is 0 Å². The monoisotopic (exact) mass is 453 g/mol. The minimum atomic E-state index is -0.588. The van der Waals surface area contributed by atoms with E-state index in [9.17, 15) is 9.90 Å². The fraction of sp³-hybridized carbons (Fsp3) is 0.217. The van der Waals surface area contributed by atoms with E-state index in [1.54, 1.807) is 6.07 Å². The average molecular weight is 454 g/mol. The zero-order valence-electron chi connectivity index (χ0n) is 16.5. The molecule has 2 aromatic carbocycles. The number of aliphatic hydroxyl groups excluding tert-OH is 1. The van der Waals surface area contributed by atoms with Gasteiger partial charge in [0.25, 0.3) is 0 Å². The van der Waals surface area contributed by atoms with Crippen LogP contribution in [0.4, 0.5) is 5.13 Å². The van der Waals surface area contributed by atoms with Crippen molar-refractivity contribution in [3.05, 3.63) is 70.6 Å². The fourth-order valence-electron chi connectivity index (χ4n) is 3.83. The zero-order valence-corrected chi connectivity index (χ0v) is 18.1. The molecule has 1 aliphatic heterocycles. The lowest BCUT2D eigenvalue weighted by Crippen LogP contribution is -2.43. The Kier molecular flexibility index (Phi) is 5.40. The van der Waals surface area contributed by atoms with Gasteiger partial charge in [0.1, 0.15) is 17.3 Å². The average Bonchev–Trinajstić information content (AvgIpc) is 3.50. The summed E-state index contributed by atoms with van der Waals surface area (Å²) in [5.41, 5.74) is 2.37. The highest BCUT2D eigenvalue weighted by Gasteiger charge is 2.37. The summed E-state index contributed by atoms with van der Waals surface area (Å²) >= 11 is 7.62. The Balaban J connectivity index is 1.34. The molecule has 0 aliphatic carbocycles. The number of amides is 1. The first kappa shape index (κ1) is 20.1. The number of rotatable bonds is 5. The van der Waals surface area contributed by atoms with Gasteiger partial charge in [-0.2, -0.15) is 0 Å². The van der Waals surface area contributed by atoms with Crippen LogP contribution in [-0.2, 0) is 11.3 Å². The highest BCUT2D eigenvalue weighted by atomic mass is 35.5. The molecule has 0 saturated carbocycles. The fourth-order valence-corrected chi connectivity index (χ4v) is 4.91. The van der Waals surface area contributed by atoms with Crippen LogP contribution in [0.15, 0.2) is 64.4 Å². The van der Waals surface area contributed by atoms with Gasteiger partial charge in [0.2, 0.25) is 5.91 Å². The first-order valence-electron chi connectivity index (χ1n) is 9.99. The summed E-state index contributed by atoms with van der Waals surface area (Å²) in [6.07, 6.45) is -0.233. The van der Waals surface area contributed by atoms with Crippen LogP contribution in [0.3, 0.4) is 0 Å². The SMILES string of the molecule is O=C(NCc1ccccc1Cl)[C@@H]1CC(O)CN1c1nc(-c2cc3ccccc3o2)cs1. The van der Waals surface area contributed by atoms with Gasteiger partial charge in [-0.25, -0.2) is 4.98 Å². The summed E-state index contributed by atoms with van der Waals surface area (Å²) in [6, 6.07) is 16.7. The molecule has 1 amide bonds. The number of thiazole rings is 1. The lowest BCUT2D eigenvalue weighted by Gasteiger charge is -2.22. The quantitative estimate of drug-likeness (QED) is 0.466. The molecule has 8 heteroatoms. The molecule has 3 heterocycles. The highest BCUT2D eigenvalue weighted by molar-refractivity contribution is 7.14. The summed E-state index contributed by atoms with van der Waals surface area (Å²) in [4.78, 5) is 19.5. The number of carbonyl (C=O) groups excluding carboxylic acids is 1. The Morgan fingerprint density at radius 3 is 2.90 bits per heavy atom. The molecule has 1 saturated heterocycles. The molecule has 5 rings (SSSR count). The van der Waals surface area contributed by atoms with Crippen molar-refractivity contribution in [3.8, 4) is 11.5 Å². The Labute approximate surface area is 188 Å². The van der Waals surface area contributed by atoms with Gasteiger partial charge >= 0.3 is 0 Å². The summed E-state index contributed by atoms with van der Waals surface area (Å²) in [7, 11) is 0. The van der Waals surface area contributed by atoms with Crippen molar-refractivity contribution >= 4 is 44.9 Å². The number of aliphatic hydroxyl groups is 1. The summed E-state index contributed by atoms with van der Waals surface area (Å²) in [5.74, 6) is 0.528. The molecule has 1 aliphatic rings. The number of furan rings is 1. The van der Waals surface area contributed by atoms with Crippen molar-refractivity contribution in [2.45, 2.75) is 25.1 Å². The van der Waals surface area contributed by atoms with Gasteiger partial charge in [-0.15, -0.1) is 11.3 Å². The largest absolute Gasteiger partial charge is 0.454 e. The molecule has 0 spiro atoms. The number of nitrogens with zero attached hydrogens (tertiary/aromatic N) is 2. The summed E-state index contributed by atoms with van der Waals surface area (Å²) in [5, 5.41) is 17.4. The van der Waals surface area contributed by atoms with Crippen LogP contribution in [0.2, 0.25) is 5.02 Å². The van der Waals surface area contributed by atoms with E-state index >= 15 is 0 Å².